The largest absolute Gasteiger partial charge is 0.507 e. The third-order valence-electron chi connectivity index (χ3n) is 20.1. The lowest BCUT2D eigenvalue weighted by Gasteiger charge is -2.62. The number of dihydropyridines is 1. The van der Waals surface area contributed by atoms with Crippen molar-refractivity contribution in [2.45, 2.75) is 161 Å². The number of aromatic hydroxyl groups is 3. The first-order valence-electron chi connectivity index (χ1n) is 30.0. The minimum Gasteiger partial charge on any atom is -0.507 e. The van der Waals surface area contributed by atoms with Crippen molar-refractivity contribution >= 4 is 29.2 Å². The van der Waals surface area contributed by atoms with Gasteiger partial charge in [-0.15, -0.1) is 0 Å². The van der Waals surface area contributed by atoms with E-state index in [2.05, 4.69) is 51.5 Å². The number of carbonyl (C=O) groups excluding carboxylic acids is 2. The predicted octanol–water partition coefficient (Wildman–Crippen LogP) is 0.877. The van der Waals surface area contributed by atoms with Crippen molar-refractivity contribution in [2.75, 3.05) is 13.2 Å². The number of carboxylic acid groups (broad SMARTS) is 1. The Hall–Kier alpha value is -7.86. The molecule has 9 heterocycles. The predicted molar refractivity (Wildman–Crippen MR) is 310 cm³/mol. The van der Waals surface area contributed by atoms with E-state index >= 15 is 4.79 Å². The first-order chi connectivity index (χ1) is 42.9. The zero-order valence-corrected chi connectivity index (χ0v) is 48.4. The number of hydrogen-bond donors (Lipinski definition) is 16. The Bertz CT molecular complexity index is 4020. The number of phenolic OH excluding ortho intramolecular Hbond substituents is 3. The molecule has 2 aromatic heterocycles. The molecule has 14 atom stereocenters. The number of carboxylic acids is 1. The van der Waals surface area contributed by atoms with Crippen LogP contribution in [0.3, 0.4) is 0 Å². The SMILES string of the molecule is CCC1=C([C@H]2C=C3Cc4[nH]ccc4C#CC4(CCCC4)[C@]4(O)[C@H](O)[C@@H](O)[C@@]3(Oc3cc5oc(-c6cc(O)c(O)c(CCO)c6)cc(=O)c5c(O)c32)O[C@@]42CC#C[C@]3(C(=O)O)O[C@](C[C@H](CO)CC=O)(OC2=O)[C@H](O)[C@@H](O)C3(O)O)C=C2C(N1)N[C@@H]1C=CC[C@H]2C1. The molecule has 3 spiro atoms. The Balaban J connectivity index is 1.13. The van der Waals surface area contributed by atoms with Crippen LogP contribution >= 0.6 is 0 Å². The van der Waals surface area contributed by atoms with Gasteiger partial charge >= 0.3 is 11.9 Å². The normalized spacial score (nSPS) is 34.4. The second-order valence-corrected chi connectivity index (χ2v) is 25.0. The van der Waals surface area contributed by atoms with Crippen LogP contribution in [0.15, 0.2) is 92.5 Å². The molecule has 3 saturated heterocycles. The van der Waals surface area contributed by atoms with E-state index in [4.69, 9.17) is 23.4 Å². The average Bonchev–Trinajstić information content (AvgIpc) is 1.35. The van der Waals surface area contributed by atoms with Gasteiger partial charge in [0.2, 0.25) is 17.2 Å². The number of ether oxygens (including phenoxy) is 4. The summed E-state index contributed by atoms with van der Waals surface area (Å²) in [7, 11) is 0. The summed E-state index contributed by atoms with van der Waals surface area (Å²) in [6.45, 7) is 0.488. The van der Waals surface area contributed by atoms with Crippen molar-refractivity contribution in [2.24, 2.45) is 17.3 Å². The minimum atomic E-state index is -4.08. The zero-order chi connectivity index (χ0) is 63.8. The Morgan fingerprint density at radius 3 is 2.43 bits per heavy atom. The third-order valence-corrected chi connectivity index (χ3v) is 20.1. The standard InChI is InChI=1S/C65H67N3O22/c1-2-41-39(26-38-33-7-5-8-37(22-33)67-56(38)68-41)40-24-36-25-42-32(10-18-66-42)9-17-59(13-3-4-14-59)64(83)54(78)53(77)63(36,87-47-28-46-49(51(75)48(40)47)43(72)27-45(86-46)35-21-34(12-20-70)50(74)44(73)23-35)90-61(64)16-6-15-60(57(80)81)65(84,85)55(79)52(76)62(89-60,88-58(61)82)29-31(30-71)11-19-69/h5,8,10,18-19,21,23-24,26-28,31,33,37,40,52-56,66-68,70-71,73-79,83-85H,2-4,7,11-14,16,20,22,25,29-30H2,1H3,(H,80,81)/t31-,33+,37-,40-,52-,53-,54-,55-,56?,60-,61-,62+,63+,64-/m1/s1. The van der Waals surface area contributed by atoms with E-state index in [0.29, 0.717) is 41.7 Å². The van der Waals surface area contributed by atoms with Gasteiger partial charge in [0.05, 0.1) is 18.0 Å². The fraction of sp³-hybridized carbons (Fsp3) is 0.477. The molecule has 16 N–H and O–H groups in total. The summed E-state index contributed by atoms with van der Waals surface area (Å²) in [5, 5.41) is 162. The lowest BCUT2D eigenvalue weighted by atomic mass is 9.55. The van der Waals surface area contributed by atoms with Crippen LogP contribution < -0.4 is 20.8 Å². The Morgan fingerprint density at radius 2 is 1.71 bits per heavy atom. The molecule has 25 nitrogen and oxygen atoms in total. The number of esters is 1. The van der Waals surface area contributed by atoms with Gasteiger partial charge in [0.25, 0.3) is 11.4 Å². The van der Waals surface area contributed by atoms with Gasteiger partial charge in [0.15, 0.2) is 34.7 Å². The van der Waals surface area contributed by atoms with E-state index in [9.17, 15) is 80.8 Å². The number of aromatic nitrogens is 1. The molecular weight excluding hydrogens is 1170 g/mol. The summed E-state index contributed by atoms with van der Waals surface area (Å²) in [5.41, 5.74) is -11.4. The van der Waals surface area contributed by atoms with Crippen LogP contribution in [0.4, 0.5) is 0 Å². The van der Waals surface area contributed by atoms with Gasteiger partial charge in [0, 0.05) is 102 Å². The van der Waals surface area contributed by atoms with Gasteiger partial charge < -0.3 is 105 Å². The summed E-state index contributed by atoms with van der Waals surface area (Å²) in [4.78, 5) is 60.5. The Labute approximate surface area is 512 Å². The number of allylic oxidation sites excluding steroid dienone is 5. The Morgan fingerprint density at radius 1 is 0.933 bits per heavy atom. The lowest BCUT2D eigenvalue weighted by Crippen LogP contribution is -2.84. The first kappa shape index (κ1) is 61.0. The third kappa shape index (κ3) is 8.63. The highest BCUT2D eigenvalue weighted by Gasteiger charge is 2.82. The fourth-order valence-electron chi connectivity index (χ4n) is 15.4. The van der Waals surface area contributed by atoms with Crippen molar-refractivity contribution < 1.29 is 104 Å². The van der Waals surface area contributed by atoms with Gasteiger partial charge in [-0.3, -0.25) is 10.1 Å². The molecule has 25 heteroatoms. The van der Waals surface area contributed by atoms with Crippen LogP contribution in [-0.4, -0.2) is 174 Å². The molecule has 90 heavy (non-hydrogen) atoms. The molecule has 1 saturated carbocycles. The maximum atomic E-state index is 16.6. The fourth-order valence-corrected chi connectivity index (χ4v) is 15.4. The molecule has 0 radical (unpaired) electrons. The number of hydrogen-bond acceptors (Lipinski definition) is 23. The van der Waals surface area contributed by atoms with Crippen molar-refractivity contribution in [1.82, 2.24) is 15.6 Å². The van der Waals surface area contributed by atoms with Crippen molar-refractivity contribution in [3.05, 3.63) is 116 Å². The van der Waals surface area contributed by atoms with Crippen LogP contribution in [0.25, 0.3) is 22.3 Å². The number of piperidine rings is 1. The number of fused-ring (bicyclic) bond motifs is 9. The number of aliphatic hydroxyl groups excluding tert-OH is 6. The molecule has 1 unspecified atom stereocenters. The van der Waals surface area contributed by atoms with Crippen molar-refractivity contribution in [3.8, 4) is 58.0 Å². The Kier molecular flexibility index (Phi) is 14.7. The average molecular weight is 1240 g/mol. The van der Waals surface area contributed by atoms with Crippen LogP contribution in [0, 0.1) is 40.9 Å². The smallest absolute Gasteiger partial charge is 0.354 e. The second kappa shape index (κ2) is 21.7. The number of benzene rings is 2. The first-order valence-corrected chi connectivity index (χ1v) is 30.0. The highest BCUT2D eigenvalue weighted by Crippen LogP contribution is 2.63. The van der Waals surface area contributed by atoms with Crippen molar-refractivity contribution in [1.29, 1.82) is 0 Å². The molecular formula is C65H67N3O22. The molecule has 3 aliphatic carbocycles. The van der Waals surface area contributed by atoms with Gasteiger partial charge in [0.1, 0.15) is 46.7 Å². The quantitative estimate of drug-likeness (QED) is 0.0247. The van der Waals surface area contributed by atoms with Crippen LogP contribution in [0.5, 0.6) is 23.0 Å². The molecule has 6 bridgehead atoms. The second-order valence-electron chi connectivity index (χ2n) is 25.0. The molecule has 7 aliphatic heterocycles. The molecule has 10 aliphatic rings. The van der Waals surface area contributed by atoms with E-state index in [0.717, 1.165) is 24.1 Å². The van der Waals surface area contributed by atoms with E-state index in [-0.39, 0.29) is 78.3 Å². The maximum Gasteiger partial charge on any atom is 0.354 e. The van der Waals surface area contributed by atoms with Crippen LogP contribution in [0.2, 0.25) is 0 Å². The summed E-state index contributed by atoms with van der Waals surface area (Å²) < 4.78 is 33.2. The molecule has 14 rings (SSSR count). The molecule has 0 amide bonds. The van der Waals surface area contributed by atoms with E-state index < -0.39 is 166 Å². The number of H-pyrrole nitrogens is 1. The van der Waals surface area contributed by atoms with Crippen LogP contribution in [0.1, 0.15) is 99.4 Å². The highest BCUT2D eigenvalue weighted by molar-refractivity contribution is 5.90. The monoisotopic (exact) mass is 1240 g/mol. The highest BCUT2D eigenvalue weighted by atomic mass is 16.8. The number of phenols is 3. The molecule has 4 fully saturated rings. The summed E-state index contributed by atoms with van der Waals surface area (Å²) >= 11 is 0. The van der Waals surface area contributed by atoms with Crippen molar-refractivity contribution in [3.63, 3.8) is 0 Å². The number of nitrogens with one attached hydrogen (secondary N) is 3. The number of carbonyl (C=O) groups is 3. The number of aldehydes is 1. The zero-order valence-electron chi connectivity index (χ0n) is 48.4. The summed E-state index contributed by atoms with van der Waals surface area (Å²) in [5.74, 6) is -9.23. The van der Waals surface area contributed by atoms with Gasteiger partial charge in [-0.05, 0) is 85.6 Å². The molecule has 2 aromatic carbocycles. The number of aromatic amines is 1. The topological polar surface area (TPSA) is 421 Å². The van der Waals surface area contributed by atoms with E-state index in [1.807, 2.05) is 13.0 Å². The summed E-state index contributed by atoms with van der Waals surface area (Å²) in [6, 6.07) is 6.36. The van der Waals surface area contributed by atoms with E-state index in [1.165, 1.54) is 12.1 Å². The van der Waals surface area contributed by atoms with Gasteiger partial charge in [-0.25, -0.2) is 9.59 Å². The number of aliphatic carboxylic acids is 1. The van der Waals surface area contributed by atoms with Crippen LogP contribution in [-0.2, 0) is 41.4 Å². The number of rotatable bonds is 11. The molecule has 474 valence electrons. The van der Waals surface area contributed by atoms with E-state index in [1.54, 1.807) is 18.3 Å². The number of aliphatic hydroxyl groups is 9. The maximum absolute atomic E-state index is 16.6. The van der Waals surface area contributed by atoms with Gasteiger partial charge in [-0.1, -0.05) is 61.8 Å². The lowest BCUT2D eigenvalue weighted by molar-refractivity contribution is -0.435. The molecule has 4 aromatic rings. The minimum absolute atomic E-state index is 0.00664. The van der Waals surface area contributed by atoms with Gasteiger partial charge in [-0.2, -0.15) is 0 Å². The summed E-state index contributed by atoms with van der Waals surface area (Å²) in [6.07, 6.45) is -3.62.